The van der Waals surface area contributed by atoms with Gasteiger partial charge in [0.15, 0.2) is 17.1 Å². The molecule has 1 N–H and O–H groups in total. The molecule has 0 radical (unpaired) electrons. The van der Waals surface area contributed by atoms with E-state index in [1.54, 1.807) is 5.10 Å². The van der Waals surface area contributed by atoms with E-state index in [9.17, 15) is 44.7 Å². The van der Waals surface area contributed by atoms with Gasteiger partial charge in [0.1, 0.15) is 17.8 Å². The third-order valence-corrected chi connectivity index (χ3v) is 5.71. The summed E-state index contributed by atoms with van der Waals surface area (Å²) < 4.78 is 115. The summed E-state index contributed by atoms with van der Waals surface area (Å²) >= 11 is 0. The maximum Gasteiger partial charge on any atom is 0.425 e. The molecule has 0 aliphatic heterocycles. The van der Waals surface area contributed by atoms with E-state index in [1.165, 1.54) is 6.92 Å². The Morgan fingerprint density at radius 3 is 2.30 bits per heavy atom. The van der Waals surface area contributed by atoms with E-state index in [0.29, 0.717) is 23.0 Å². The summed E-state index contributed by atoms with van der Waals surface area (Å²) in [5.74, 6) is -3.39. The molecule has 0 aliphatic carbocycles. The van der Waals surface area contributed by atoms with Gasteiger partial charge in [-0.05, 0) is 19.1 Å². The van der Waals surface area contributed by atoms with E-state index in [4.69, 9.17) is 4.74 Å². The molecule has 3 aromatic heterocycles. The van der Waals surface area contributed by atoms with Crippen molar-refractivity contribution < 1.29 is 39.9 Å². The van der Waals surface area contributed by atoms with Crippen LogP contribution in [0.25, 0.3) is 22.2 Å². The number of alkyl halides is 6. The molecule has 0 bridgehead atoms. The number of rotatable bonds is 8. The lowest BCUT2D eigenvalue weighted by Gasteiger charge is -2.19. The van der Waals surface area contributed by atoms with Crippen molar-refractivity contribution >= 4 is 10.8 Å². The minimum atomic E-state index is -5.08. The first kappa shape index (κ1) is 28.6. The summed E-state index contributed by atoms with van der Waals surface area (Å²) in [6.45, 7) is 0.450. The first-order valence-electron chi connectivity index (χ1n) is 11.3. The molecule has 0 saturated heterocycles. The zero-order valence-corrected chi connectivity index (χ0v) is 20.1. The summed E-state index contributed by atoms with van der Waals surface area (Å²) in [5.41, 5.74) is -5.08. The van der Waals surface area contributed by atoms with Crippen LogP contribution in [0.3, 0.4) is 0 Å². The van der Waals surface area contributed by atoms with Gasteiger partial charge in [0.05, 0.1) is 35.4 Å². The maximum atomic E-state index is 14.9. The number of ether oxygens (including phenoxy) is 1. The quantitative estimate of drug-likeness (QED) is 0.298. The van der Waals surface area contributed by atoms with Crippen molar-refractivity contribution in [3.05, 3.63) is 80.4 Å². The van der Waals surface area contributed by atoms with Gasteiger partial charge in [0, 0.05) is 30.4 Å². The van der Waals surface area contributed by atoms with E-state index < -0.39 is 82.9 Å². The molecule has 4 aromatic rings. The molecule has 0 spiro atoms. The topological polar surface area (TPSA) is 103 Å². The molecule has 4 rings (SSSR count). The van der Waals surface area contributed by atoms with E-state index in [-0.39, 0.29) is 16.8 Å². The molecule has 0 aliphatic rings. The zero-order chi connectivity index (χ0) is 29.4. The molecular weight excluding hydrogens is 558 g/mol. The second-order valence-corrected chi connectivity index (χ2v) is 8.65. The standard InChI is InChI=1S/C24H17F8N5O3/c1-10(40-18-7-35-36-22(38)19(18)24(30,31)32)2-12(25)8-37-9-17(27)13-3-15(16(26)4-14(13)23(37)39)21-33-5-11(6-34-21)20(28)29/h3-7,9-10,12,20H,2,8H2,1H3,(H,36,38). The Balaban J connectivity index is 1.55. The smallest absolute Gasteiger partial charge is 0.425 e. The monoisotopic (exact) mass is 575 g/mol. The highest BCUT2D eigenvalue weighted by atomic mass is 19.4. The lowest BCUT2D eigenvalue weighted by Crippen LogP contribution is -2.29. The minimum Gasteiger partial charge on any atom is -0.488 e. The SMILES string of the molecule is CC(CC(F)Cn1cc(F)c2cc(-c3ncc(C(F)F)cn3)c(F)cc2c1=O)Oc1cn[nH]c(=O)c1C(F)(F)F. The Morgan fingerprint density at radius 2 is 1.68 bits per heavy atom. The van der Waals surface area contributed by atoms with Crippen molar-refractivity contribution in [2.45, 2.75) is 44.8 Å². The van der Waals surface area contributed by atoms with Crippen molar-refractivity contribution in [1.29, 1.82) is 0 Å². The van der Waals surface area contributed by atoms with Crippen molar-refractivity contribution in [2.24, 2.45) is 0 Å². The van der Waals surface area contributed by atoms with Gasteiger partial charge in [-0.1, -0.05) is 0 Å². The van der Waals surface area contributed by atoms with Gasteiger partial charge in [0.25, 0.3) is 17.5 Å². The van der Waals surface area contributed by atoms with Crippen LogP contribution >= 0.6 is 0 Å². The normalized spacial score (nSPS) is 13.6. The Morgan fingerprint density at radius 1 is 1.00 bits per heavy atom. The molecule has 0 fully saturated rings. The molecule has 16 heteroatoms. The molecule has 3 heterocycles. The molecule has 40 heavy (non-hydrogen) atoms. The van der Waals surface area contributed by atoms with E-state index in [1.807, 2.05) is 0 Å². The average Bonchev–Trinajstić information content (AvgIpc) is 2.86. The number of nitrogens with zero attached hydrogens (tertiary/aromatic N) is 4. The fourth-order valence-electron chi connectivity index (χ4n) is 3.92. The molecule has 8 nitrogen and oxygen atoms in total. The van der Waals surface area contributed by atoms with Crippen LogP contribution < -0.4 is 15.9 Å². The number of nitrogens with one attached hydrogen (secondary N) is 1. The summed E-state index contributed by atoms with van der Waals surface area (Å²) in [4.78, 5) is 31.7. The number of hydrogen-bond donors (Lipinski definition) is 1. The van der Waals surface area contributed by atoms with E-state index in [0.717, 1.165) is 18.5 Å². The molecule has 2 unspecified atom stereocenters. The fraction of sp³-hybridized carbons (Fsp3) is 0.292. The number of aromatic nitrogens is 5. The highest BCUT2D eigenvalue weighted by Crippen LogP contribution is 2.33. The largest absolute Gasteiger partial charge is 0.488 e. The third kappa shape index (κ3) is 5.94. The zero-order valence-electron chi connectivity index (χ0n) is 20.1. The van der Waals surface area contributed by atoms with Crippen LogP contribution in [0.5, 0.6) is 5.75 Å². The van der Waals surface area contributed by atoms with Crippen LogP contribution in [0.4, 0.5) is 35.1 Å². The number of hydrogen-bond acceptors (Lipinski definition) is 6. The van der Waals surface area contributed by atoms with Gasteiger partial charge >= 0.3 is 6.18 Å². The Bertz CT molecular complexity index is 1650. The van der Waals surface area contributed by atoms with Crippen LogP contribution in [-0.2, 0) is 12.7 Å². The number of H-pyrrole nitrogens is 1. The number of pyridine rings is 1. The van der Waals surface area contributed by atoms with Gasteiger partial charge < -0.3 is 9.30 Å². The van der Waals surface area contributed by atoms with Gasteiger partial charge in [0.2, 0.25) is 0 Å². The highest BCUT2D eigenvalue weighted by Gasteiger charge is 2.38. The average molecular weight is 575 g/mol. The second kappa shape index (κ2) is 11.0. The molecule has 0 saturated carbocycles. The summed E-state index contributed by atoms with van der Waals surface area (Å²) in [5, 5.41) is 4.03. The van der Waals surface area contributed by atoms with Crippen LogP contribution in [0, 0.1) is 11.6 Å². The van der Waals surface area contributed by atoms with E-state index >= 15 is 0 Å². The van der Waals surface area contributed by atoms with Crippen LogP contribution in [0.15, 0.2) is 46.5 Å². The number of aromatic amines is 1. The molecular formula is C24H17F8N5O3. The van der Waals surface area contributed by atoms with Crippen LogP contribution in [-0.4, -0.2) is 37.0 Å². The van der Waals surface area contributed by atoms with Gasteiger partial charge in [-0.15, -0.1) is 0 Å². The Kier molecular flexibility index (Phi) is 7.88. The molecule has 212 valence electrons. The molecule has 0 amide bonds. The summed E-state index contributed by atoms with van der Waals surface area (Å²) in [6, 6.07) is 1.59. The first-order valence-corrected chi connectivity index (χ1v) is 11.3. The first-order chi connectivity index (χ1) is 18.8. The van der Waals surface area contributed by atoms with Gasteiger partial charge in [-0.3, -0.25) is 9.59 Å². The van der Waals surface area contributed by atoms with Crippen LogP contribution in [0.2, 0.25) is 0 Å². The van der Waals surface area contributed by atoms with Gasteiger partial charge in [-0.25, -0.2) is 37.0 Å². The summed E-state index contributed by atoms with van der Waals surface area (Å²) in [6.07, 6.45) is -8.89. The van der Waals surface area contributed by atoms with Crippen molar-refractivity contribution in [2.75, 3.05) is 0 Å². The maximum absolute atomic E-state index is 14.9. The lowest BCUT2D eigenvalue weighted by atomic mass is 10.1. The van der Waals surface area contributed by atoms with Gasteiger partial charge in [-0.2, -0.15) is 18.3 Å². The van der Waals surface area contributed by atoms with Crippen LogP contribution in [0.1, 0.15) is 30.9 Å². The second-order valence-electron chi connectivity index (χ2n) is 8.65. The highest BCUT2D eigenvalue weighted by molar-refractivity contribution is 5.86. The number of fused-ring (bicyclic) bond motifs is 1. The summed E-state index contributed by atoms with van der Waals surface area (Å²) in [7, 11) is 0. The van der Waals surface area contributed by atoms with Crippen molar-refractivity contribution in [3.8, 4) is 17.1 Å². The predicted molar refractivity (Wildman–Crippen MR) is 124 cm³/mol. The van der Waals surface area contributed by atoms with Crippen molar-refractivity contribution in [3.63, 3.8) is 0 Å². The van der Waals surface area contributed by atoms with Crippen molar-refractivity contribution in [1.82, 2.24) is 24.7 Å². The minimum absolute atomic E-state index is 0.338. The van der Waals surface area contributed by atoms with E-state index in [2.05, 4.69) is 15.1 Å². The number of benzene rings is 1. The predicted octanol–water partition coefficient (Wildman–Crippen LogP) is 4.97. The lowest BCUT2D eigenvalue weighted by molar-refractivity contribution is -0.140. The number of halogens is 8. The molecule has 2 atom stereocenters. The Hall–Kier alpha value is -4.37. The molecule has 1 aromatic carbocycles. The third-order valence-electron chi connectivity index (χ3n) is 5.71. The fourth-order valence-corrected chi connectivity index (χ4v) is 3.92. The Labute approximate surface area is 218 Å².